The molecule has 32 heavy (non-hydrogen) atoms. The van der Waals surface area contributed by atoms with Gasteiger partial charge in [-0.2, -0.15) is 0 Å². The predicted octanol–water partition coefficient (Wildman–Crippen LogP) is 2.82. The summed E-state index contributed by atoms with van der Waals surface area (Å²) >= 11 is 0. The summed E-state index contributed by atoms with van der Waals surface area (Å²) in [6.07, 6.45) is 6.09. The number of carbonyl (C=O) groups is 2. The van der Waals surface area contributed by atoms with E-state index in [0.717, 1.165) is 37.0 Å². The molecule has 2 aliphatic heterocycles. The topological polar surface area (TPSA) is 95.0 Å². The fourth-order valence-electron chi connectivity index (χ4n) is 4.45. The molecule has 4 rings (SSSR count). The predicted molar refractivity (Wildman–Crippen MR) is 122 cm³/mol. The maximum atomic E-state index is 13.4. The standard InChI is InChI=1S/C24H30N4O4/c1-32-20-9-7-17(8-10-20)16-28-21-13-18(14-25-23(21)26-15-22(28)30)24(31)27-11-3-2-5-19(27)6-4-12-29/h7-10,13-14,19,29H,2-6,11-12,15-16H2,1H3,(H,25,26). The Morgan fingerprint density at radius 3 is 2.84 bits per heavy atom. The van der Waals surface area contributed by atoms with E-state index in [2.05, 4.69) is 10.3 Å². The zero-order chi connectivity index (χ0) is 22.5. The van der Waals surface area contributed by atoms with Gasteiger partial charge in [-0.3, -0.25) is 9.59 Å². The number of pyridine rings is 1. The van der Waals surface area contributed by atoms with Crippen molar-refractivity contribution >= 4 is 23.3 Å². The quantitative estimate of drug-likeness (QED) is 0.690. The highest BCUT2D eigenvalue weighted by molar-refractivity contribution is 6.04. The fraction of sp³-hybridized carbons (Fsp3) is 0.458. The Morgan fingerprint density at radius 2 is 2.09 bits per heavy atom. The van der Waals surface area contributed by atoms with Crippen molar-refractivity contribution < 1.29 is 19.4 Å². The number of aliphatic hydroxyl groups excluding tert-OH is 1. The van der Waals surface area contributed by atoms with Gasteiger partial charge in [0, 0.05) is 25.4 Å². The van der Waals surface area contributed by atoms with Gasteiger partial charge in [-0.15, -0.1) is 0 Å². The molecule has 0 saturated carbocycles. The van der Waals surface area contributed by atoms with Crippen molar-refractivity contribution in [2.24, 2.45) is 0 Å². The van der Waals surface area contributed by atoms with Crippen LogP contribution in [0.15, 0.2) is 36.5 Å². The Bertz CT molecular complexity index is 963. The summed E-state index contributed by atoms with van der Waals surface area (Å²) in [5, 5.41) is 12.3. The van der Waals surface area contributed by atoms with E-state index >= 15 is 0 Å². The van der Waals surface area contributed by atoms with Crippen LogP contribution >= 0.6 is 0 Å². The highest BCUT2D eigenvalue weighted by Crippen LogP contribution is 2.31. The molecular formula is C24H30N4O4. The van der Waals surface area contributed by atoms with Gasteiger partial charge in [0.15, 0.2) is 5.82 Å². The van der Waals surface area contributed by atoms with Crippen LogP contribution in [0, 0.1) is 0 Å². The molecule has 2 aromatic rings. The third-order valence-corrected chi connectivity index (χ3v) is 6.20. The molecule has 1 unspecified atom stereocenters. The largest absolute Gasteiger partial charge is 0.497 e. The van der Waals surface area contributed by atoms with E-state index in [0.29, 0.717) is 36.6 Å². The lowest BCUT2D eigenvalue weighted by atomic mass is 9.97. The second-order valence-electron chi connectivity index (χ2n) is 8.29. The van der Waals surface area contributed by atoms with E-state index in [4.69, 9.17) is 4.74 Å². The van der Waals surface area contributed by atoms with Crippen molar-refractivity contribution in [2.45, 2.75) is 44.7 Å². The zero-order valence-electron chi connectivity index (χ0n) is 18.4. The number of piperidine rings is 1. The third kappa shape index (κ3) is 4.70. The number of nitrogens with zero attached hydrogens (tertiary/aromatic N) is 3. The van der Waals surface area contributed by atoms with E-state index in [1.165, 1.54) is 0 Å². The summed E-state index contributed by atoms with van der Waals surface area (Å²) in [4.78, 5) is 34.1. The first kappa shape index (κ1) is 22.1. The Hall–Kier alpha value is -3.13. The number of benzene rings is 1. The number of nitrogens with one attached hydrogen (secondary N) is 1. The molecule has 0 aliphatic carbocycles. The number of anilines is 2. The fourth-order valence-corrected chi connectivity index (χ4v) is 4.45. The summed E-state index contributed by atoms with van der Waals surface area (Å²) in [7, 11) is 1.62. The summed E-state index contributed by atoms with van der Waals surface area (Å²) < 4.78 is 5.21. The van der Waals surface area contributed by atoms with Crippen LogP contribution in [0.1, 0.15) is 48.0 Å². The van der Waals surface area contributed by atoms with Crippen LogP contribution in [0.3, 0.4) is 0 Å². The minimum atomic E-state index is -0.0708. The average Bonchev–Trinajstić information content (AvgIpc) is 2.84. The third-order valence-electron chi connectivity index (χ3n) is 6.20. The lowest BCUT2D eigenvalue weighted by Crippen LogP contribution is -2.44. The van der Waals surface area contributed by atoms with E-state index in [1.54, 1.807) is 24.3 Å². The van der Waals surface area contributed by atoms with E-state index in [1.807, 2.05) is 29.2 Å². The van der Waals surface area contributed by atoms with Gasteiger partial charge < -0.3 is 25.0 Å². The summed E-state index contributed by atoms with van der Waals surface area (Å²) in [5.74, 6) is 1.22. The van der Waals surface area contributed by atoms with Crippen molar-refractivity contribution in [1.82, 2.24) is 9.88 Å². The minimum Gasteiger partial charge on any atom is -0.497 e. The second-order valence-corrected chi connectivity index (χ2v) is 8.29. The van der Waals surface area contributed by atoms with Crippen molar-refractivity contribution in [3.05, 3.63) is 47.7 Å². The van der Waals surface area contributed by atoms with Gasteiger partial charge in [-0.25, -0.2) is 4.98 Å². The number of carbonyl (C=O) groups excluding carboxylic acids is 2. The number of aliphatic hydroxyl groups is 1. The van der Waals surface area contributed by atoms with E-state index in [9.17, 15) is 14.7 Å². The van der Waals surface area contributed by atoms with Crippen LogP contribution in [-0.2, 0) is 11.3 Å². The molecule has 8 heteroatoms. The number of ether oxygens (including phenoxy) is 1. The molecule has 2 N–H and O–H groups in total. The second kappa shape index (κ2) is 9.99. The highest BCUT2D eigenvalue weighted by Gasteiger charge is 2.30. The first-order valence-corrected chi connectivity index (χ1v) is 11.2. The molecule has 1 atom stereocenters. The van der Waals surface area contributed by atoms with Crippen molar-refractivity contribution in [2.75, 3.05) is 37.0 Å². The number of aromatic nitrogens is 1. The van der Waals surface area contributed by atoms with Crippen LogP contribution in [0.4, 0.5) is 11.5 Å². The molecule has 1 aromatic heterocycles. The Morgan fingerprint density at radius 1 is 1.28 bits per heavy atom. The number of likely N-dealkylation sites (tertiary alicyclic amines) is 1. The molecule has 1 fully saturated rings. The normalized spacial score (nSPS) is 18.2. The number of amides is 2. The number of hydrogen-bond acceptors (Lipinski definition) is 6. The van der Waals surface area contributed by atoms with Crippen LogP contribution in [0.2, 0.25) is 0 Å². The summed E-state index contributed by atoms with van der Waals surface area (Å²) in [5.41, 5.74) is 2.06. The number of rotatable bonds is 7. The summed E-state index contributed by atoms with van der Waals surface area (Å²) in [6, 6.07) is 9.49. The molecule has 2 aliphatic rings. The van der Waals surface area contributed by atoms with Gasteiger partial charge in [0.25, 0.3) is 5.91 Å². The number of methoxy groups -OCH3 is 1. The van der Waals surface area contributed by atoms with Gasteiger partial charge >= 0.3 is 0 Å². The lowest BCUT2D eigenvalue weighted by Gasteiger charge is -2.36. The zero-order valence-corrected chi connectivity index (χ0v) is 18.4. The van der Waals surface area contributed by atoms with Crippen LogP contribution in [-0.4, -0.2) is 59.7 Å². The molecule has 0 radical (unpaired) electrons. The smallest absolute Gasteiger partial charge is 0.255 e. The molecular weight excluding hydrogens is 408 g/mol. The SMILES string of the molecule is COc1ccc(CN2C(=O)CNc3ncc(C(=O)N4CCCCC4CCCO)cc32)cc1. The van der Waals surface area contributed by atoms with Gasteiger partial charge in [-0.1, -0.05) is 12.1 Å². The molecule has 1 aromatic carbocycles. The Balaban J connectivity index is 1.58. The van der Waals surface area contributed by atoms with Crippen molar-refractivity contribution in [1.29, 1.82) is 0 Å². The van der Waals surface area contributed by atoms with Gasteiger partial charge in [0.05, 0.1) is 31.5 Å². The maximum Gasteiger partial charge on any atom is 0.255 e. The Labute approximate surface area is 188 Å². The first-order chi connectivity index (χ1) is 15.6. The lowest BCUT2D eigenvalue weighted by molar-refractivity contribution is -0.117. The molecule has 0 spiro atoms. The minimum absolute atomic E-state index is 0.0645. The highest BCUT2D eigenvalue weighted by atomic mass is 16.5. The molecule has 1 saturated heterocycles. The Kier molecular flexibility index (Phi) is 6.90. The molecule has 2 amide bonds. The molecule has 0 bridgehead atoms. The number of hydrogen-bond donors (Lipinski definition) is 2. The first-order valence-electron chi connectivity index (χ1n) is 11.2. The van der Waals surface area contributed by atoms with Crippen LogP contribution in [0.5, 0.6) is 5.75 Å². The maximum absolute atomic E-state index is 13.4. The summed E-state index contributed by atoms with van der Waals surface area (Å²) in [6.45, 7) is 1.39. The van der Waals surface area contributed by atoms with Crippen molar-refractivity contribution in [3.63, 3.8) is 0 Å². The van der Waals surface area contributed by atoms with E-state index in [-0.39, 0.29) is 31.0 Å². The van der Waals surface area contributed by atoms with Gasteiger partial charge in [0.1, 0.15) is 5.75 Å². The van der Waals surface area contributed by atoms with Gasteiger partial charge in [0.2, 0.25) is 5.91 Å². The monoisotopic (exact) mass is 438 g/mol. The molecule has 8 nitrogen and oxygen atoms in total. The molecule has 3 heterocycles. The van der Waals surface area contributed by atoms with Crippen LogP contribution < -0.4 is 15.0 Å². The van der Waals surface area contributed by atoms with E-state index < -0.39 is 0 Å². The molecule has 170 valence electrons. The van der Waals surface area contributed by atoms with Gasteiger partial charge in [-0.05, 0) is 55.9 Å². The van der Waals surface area contributed by atoms with Crippen molar-refractivity contribution in [3.8, 4) is 5.75 Å². The average molecular weight is 439 g/mol. The number of fused-ring (bicyclic) bond motifs is 1. The van der Waals surface area contributed by atoms with Crippen LogP contribution in [0.25, 0.3) is 0 Å².